The normalized spacial score (nSPS) is 15.5. The van der Waals surface area contributed by atoms with Gasteiger partial charge < -0.3 is 0 Å². The molecule has 17 heavy (non-hydrogen) atoms. The maximum absolute atomic E-state index is 11.8. The summed E-state index contributed by atoms with van der Waals surface area (Å²) in [5.74, 6) is -0.834. The molecule has 0 unspecified atom stereocenters. The van der Waals surface area contributed by atoms with Gasteiger partial charge >= 0.3 is 0 Å². The Morgan fingerprint density at radius 2 is 1.71 bits per heavy atom. The van der Waals surface area contributed by atoms with Crippen molar-refractivity contribution in [2.45, 2.75) is 6.92 Å². The number of hydrogen-bond donors (Lipinski definition) is 0. The summed E-state index contributed by atoms with van der Waals surface area (Å²) in [6.07, 6.45) is 1.26. The molecule has 1 aromatic carbocycles. The Morgan fingerprint density at radius 1 is 1.18 bits per heavy atom. The van der Waals surface area contributed by atoms with Crippen molar-refractivity contribution in [3.8, 4) is 0 Å². The lowest BCUT2D eigenvalue weighted by atomic mass is 10.2. The molecule has 2 rings (SSSR count). The van der Waals surface area contributed by atoms with Gasteiger partial charge in [-0.15, -0.1) is 0 Å². The Bertz CT molecular complexity index is 546. The van der Waals surface area contributed by atoms with Gasteiger partial charge in [0.05, 0.1) is 15.7 Å². The molecule has 0 aliphatic carbocycles. The van der Waals surface area contributed by atoms with Crippen molar-refractivity contribution in [2.75, 3.05) is 4.90 Å². The maximum atomic E-state index is 11.8. The molecule has 0 aromatic heterocycles. The summed E-state index contributed by atoms with van der Waals surface area (Å²) in [6, 6.07) is 3.16. The van der Waals surface area contributed by atoms with E-state index in [0.29, 0.717) is 10.0 Å². The molecule has 0 radical (unpaired) electrons. The van der Waals surface area contributed by atoms with Crippen LogP contribution in [0.3, 0.4) is 0 Å². The molecule has 88 valence electrons. The average Bonchev–Trinajstić information content (AvgIpc) is 2.43. The van der Waals surface area contributed by atoms with E-state index in [-0.39, 0.29) is 15.7 Å². The third-order valence-corrected chi connectivity index (χ3v) is 3.34. The van der Waals surface area contributed by atoms with Gasteiger partial charge in [-0.2, -0.15) is 0 Å². The van der Waals surface area contributed by atoms with Gasteiger partial charge in [-0.1, -0.05) is 39.1 Å². The Kier molecular flexibility index (Phi) is 3.30. The van der Waals surface area contributed by atoms with Crippen LogP contribution < -0.4 is 4.90 Å². The van der Waals surface area contributed by atoms with E-state index in [9.17, 15) is 9.59 Å². The van der Waals surface area contributed by atoms with E-state index in [1.165, 1.54) is 6.08 Å². The first kappa shape index (κ1) is 12.6. The minimum Gasteiger partial charge on any atom is -0.269 e. The molecule has 2 amide bonds. The van der Waals surface area contributed by atoms with Crippen LogP contribution in [0.15, 0.2) is 28.3 Å². The number of anilines is 1. The summed E-state index contributed by atoms with van der Waals surface area (Å²) in [6.45, 7) is 1.57. The SMILES string of the molecule is CC1=CC(=O)N(c2c(Cl)cc(Br)cc2Cl)C1=O. The quantitative estimate of drug-likeness (QED) is 0.736. The highest BCUT2D eigenvalue weighted by atomic mass is 79.9. The lowest BCUT2D eigenvalue weighted by molar-refractivity contribution is -0.120. The Balaban J connectivity index is 2.57. The summed E-state index contributed by atoms with van der Waals surface area (Å²) in [7, 11) is 0. The molecule has 0 saturated heterocycles. The number of benzene rings is 1. The predicted octanol–water partition coefficient (Wildman–Crippen LogP) is 3.58. The van der Waals surface area contributed by atoms with Crippen molar-refractivity contribution < 1.29 is 9.59 Å². The fourth-order valence-electron chi connectivity index (χ4n) is 1.55. The molecule has 0 N–H and O–H groups in total. The topological polar surface area (TPSA) is 37.4 Å². The average molecular weight is 335 g/mol. The predicted molar refractivity (Wildman–Crippen MR) is 70.4 cm³/mol. The first-order valence-corrected chi connectivity index (χ1v) is 6.18. The molecular formula is C11H6BrCl2NO2. The molecule has 0 atom stereocenters. The molecule has 0 saturated carbocycles. The van der Waals surface area contributed by atoms with Crippen molar-refractivity contribution in [3.63, 3.8) is 0 Å². The molecular weight excluding hydrogens is 329 g/mol. The van der Waals surface area contributed by atoms with Crippen molar-refractivity contribution in [3.05, 3.63) is 38.3 Å². The fraction of sp³-hybridized carbons (Fsp3) is 0.0909. The van der Waals surface area contributed by atoms with Gasteiger partial charge in [-0.05, 0) is 19.1 Å². The van der Waals surface area contributed by atoms with Crippen molar-refractivity contribution in [1.29, 1.82) is 0 Å². The molecule has 1 heterocycles. The largest absolute Gasteiger partial charge is 0.269 e. The first-order chi connectivity index (χ1) is 7.91. The van der Waals surface area contributed by atoms with Crippen molar-refractivity contribution >= 4 is 56.6 Å². The van der Waals surface area contributed by atoms with Crippen LogP contribution in [0.2, 0.25) is 10.0 Å². The number of hydrogen-bond acceptors (Lipinski definition) is 2. The van der Waals surface area contributed by atoms with Gasteiger partial charge in [0.25, 0.3) is 11.8 Å². The second-order valence-electron chi connectivity index (χ2n) is 3.52. The number of carbonyl (C=O) groups excluding carboxylic acids is 2. The highest BCUT2D eigenvalue weighted by Gasteiger charge is 2.32. The lowest BCUT2D eigenvalue weighted by Gasteiger charge is -2.17. The van der Waals surface area contributed by atoms with Gasteiger partial charge in [-0.25, -0.2) is 4.90 Å². The minimum absolute atomic E-state index is 0.222. The number of carbonyl (C=O) groups is 2. The standard InChI is InChI=1S/C11H6BrCl2NO2/c1-5-2-9(16)15(11(5)17)10-7(13)3-6(12)4-8(10)14/h2-4H,1H3. The maximum Gasteiger partial charge on any atom is 0.261 e. The molecule has 1 aliphatic rings. The third kappa shape index (κ3) is 2.12. The van der Waals surface area contributed by atoms with E-state index in [0.717, 1.165) is 4.90 Å². The summed E-state index contributed by atoms with van der Waals surface area (Å²) in [5, 5.41) is 0.489. The van der Waals surface area contributed by atoms with E-state index in [1.54, 1.807) is 19.1 Å². The van der Waals surface area contributed by atoms with Crippen LogP contribution in [0.5, 0.6) is 0 Å². The zero-order valence-corrected chi connectivity index (χ0v) is 11.7. The molecule has 0 spiro atoms. The Labute approximate surface area is 116 Å². The third-order valence-electron chi connectivity index (χ3n) is 2.31. The molecule has 1 aliphatic heterocycles. The van der Waals surface area contributed by atoms with E-state index >= 15 is 0 Å². The Hall–Kier alpha value is -0.840. The van der Waals surface area contributed by atoms with E-state index in [1.807, 2.05) is 0 Å². The number of halogens is 3. The summed E-state index contributed by atoms with van der Waals surface area (Å²) in [4.78, 5) is 24.5. The second kappa shape index (κ2) is 4.44. The van der Waals surface area contributed by atoms with Gasteiger partial charge in [0.1, 0.15) is 0 Å². The first-order valence-electron chi connectivity index (χ1n) is 4.63. The van der Waals surface area contributed by atoms with Gasteiger partial charge in [0, 0.05) is 16.1 Å². The van der Waals surface area contributed by atoms with E-state index in [4.69, 9.17) is 23.2 Å². The number of rotatable bonds is 1. The van der Waals surface area contributed by atoms with Crippen LogP contribution in [-0.4, -0.2) is 11.8 Å². The number of amides is 2. The van der Waals surface area contributed by atoms with Crippen LogP contribution >= 0.6 is 39.1 Å². The Morgan fingerprint density at radius 3 is 2.12 bits per heavy atom. The van der Waals surface area contributed by atoms with Crippen LogP contribution in [0.4, 0.5) is 5.69 Å². The van der Waals surface area contributed by atoms with Crippen LogP contribution in [-0.2, 0) is 9.59 Å². The monoisotopic (exact) mass is 333 g/mol. The van der Waals surface area contributed by atoms with Crippen molar-refractivity contribution in [2.24, 2.45) is 0 Å². The van der Waals surface area contributed by atoms with E-state index in [2.05, 4.69) is 15.9 Å². The second-order valence-corrected chi connectivity index (χ2v) is 5.25. The molecule has 3 nitrogen and oxygen atoms in total. The van der Waals surface area contributed by atoms with Crippen molar-refractivity contribution in [1.82, 2.24) is 0 Å². The summed E-state index contributed by atoms with van der Waals surface area (Å²) < 4.78 is 0.681. The molecule has 0 fully saturated rings. The lowest BCUT2D eigenvalue weighted by Crippen LogP contribution is -2.31. The van der Waals surface area contributed by atoms with E-state index < -0.39 is 11.8 Å². The fourth-order valence-corrected chi connectivity index (χ4v) is 2.93. The number of imide groups is 1. The highest BCUT2D eigenvalue weighted by molar-refractivity contribution is 9.10. The summed E-state index contributed by atoms with van der Waals surface area (Å²) in [5.41, 5.74) is 0.588. The number of nitrogens with zero attached hydrogens (tertiary/aromatic N) is 1. The zero-order valence-electron chi connectivity index (χ0n) is 8.63. The molecule has 6 heteroatoms. The van der Waals surface area contributed by atoms with Gasteiger partial charge in [0.2, 0.25) is 0 Å². The van der Waals surface area contributed by atoms with Crippen LogP contribution in [0.1, 0.15) is 6.92 Å². The smallest absolute Gasteiger partial charge is 0.261 e. The molecule has 1 aromatic rings. The van der Waals surface area contributed by atoms with Crippen LogP contribution in [0, 0.1) is 0 Å². The van der Waals surface area contributed by atoms with Gasteiger partial charge in [0.15, 0.2) is 0 Å². The summed E-state index contributed by atoms with van der Waals surface area (Å²) >= 11 is 15.2. The highest BCUT2D eigenvalue weighted by Crippen LogP contribution is 2.38. The van der Waals surface area contributed by atoms with Crippen LogP contribution in [0.25, 0.3) is 0 Å². The minimum atomic E-state index is -0.432. The van der Waals surface area contributed by atoms with Gasteiger partial charge in [-0.3, -0.25) is 9.59 Å². The molecule has 0 bridgehead atoms. The zero-order chi connectivity index (χ0) is 12.7.